The molecule has 0 amide bonds. The number of anilines is 1. The zero-order valence-corrected chi connectivity index (χ0v) is 9.32. The molecule has 0 saturated carbocycles. The number of hydrogen-bond donors (Lipinski definition) is 1. The van der Waals surface area contributed by atoms with Gasteiger partial charge in [0.15, 0.2) is 0 Å². The van der Waals surface area contributed by atoms with Gasteiger partial charge in [0.25, 0.3) is 0 Å². The van der Waals surface area contributed by atoms with Crippen LogP contribution in [-0.4, -0.2) is 11.6 Å². The van der Waals surface area contributed by atoms with Crippen molar-refractivity contribution in [3.8, 4) is 5.75 Å². The van der Waals surface area contributed by atoms with E-state index in [4.69, 9.17) is 22.1 Å². The molecule has 2 rings (SSSR count). The lowest BCUT2D eigenvalue weighted by atomic mass is 10.2. The molecular weight excluding hydrogens is 224 g/mol. The van der Waals surface area contributed by atoms with Gasteiger partial charge in [0.1, 0.15) is 17.9 Å². The van der Waals surface area contributed by atoms with Gasteiger partial charge >= 0.3 is 0 Å². The summed E-state index contributed by atoms with van der Waals surface area (Å²) in [4.78, 5) is 4.26. The minimum absolute atomic E-state index is 0.416. The first kappa shape index (κ1) is 10.8. The highest BCUT2D eigenvalue weighted by atomic mass is 35.5. The number of nitrogens with two attached hydrogens (primary N) is 1. The summed E-state index contributed by atoms with van der Waals surface area (Å²) in [6, 6.07) is 7.39. The highest BCUT2D eigenvalue weighted by Gasteiger charge is 2.04. The summed E-state index contributed by atoms with van der Waals surface area (Å²) in [5.74, 6) is 0.708. The van der Waals surface area contributed by atoms with E-state index in [0.29, 0.717) is 18.0 Å². The lowest BCUT2D eigenvalue weighted by Gasteiger charge is -2.08. The van der Waals surface area contributed by atoms with Crippen molar-refractivity contribution in [3.05, 3.63) is 42.1 Å². The molecule has 2 aromatic rings. The van der Waals surface area contributed by atoms with Crippen LogP contribution in [0.3, 0.4) is 0 Å². The van der Waals surface area contributed by atoms with Crippen molar-refractivity contribution in [3.63, 3.8) is 0 Å². The highest BCUT2D eigenvalue weighted by Crippen LogP contribution is 2.27. The standard InChI is InChI=1S/C12H11ClN2O/c13-6-2-8-16-11-5-4-10(14)9-3-1-7-15-12(9)11/h1-7H,8,14H2/b6-2+. The third-order valence-corrected chi connectivity index (χ3v) is 2.37. The second-order valence-corrected chi connectivity index (χ2v) is 3.48. The number of aromatic nitrogens is 1. The van der Waals surface area contributed by atoms with E-state index < -0.39 is 0 Å². The number of benzene rings is 1. The van der Waals surface area contributed by atoms with Gasteiger partial charge < -0.3 is 10.5 Å². The van der Waals surface area contributed by atoms with Crippen molar-refractivity contribution in [2.45, 2.75) is 0 Å². The zero-order chi connectivity index (χ0) is 11.4. The molecule has 0 fully saturated rings. The third-order valence-electron chi connectivity index (χ3n) is 2.19. The summed E-state index contributed by atoms with van der Waals surface area (Å²) >= 11 is 5.42. The normalized spacial score (nSPS) is 11.1. The quantitative estimate of drug-likeness (QED) is 0.831. The van der Waals surface area contributed by atoms with Gasteiger partial charge in [-0.25, -0.2) is 0 Å². The molecule has 0 aliphatic rings. The van der Waals surface area contributed by atoms with Crippen LogP contribution < -0.4 is 10.5 Å². The largest absolute Gasteiger partial charge is 0.487 e. The fourth-order valence-corrected chi connectivity index (χ4v) is 1.53. The van der Waals surface area contributed by atoms with Gasteiger partial charge in [-0.2, -0.15) is 0 Å². The van der Waals surface area contributed by atoms with Crippen LogP contribution in [0.1, 0.15) is 0 Å². The van der Waals surface area contributed by atoms with E-state index in [9.17, 15) is 0 Å². The summed E-state index contributed by atoms with van der Waals surface area (Å²) in [6.45, 7) is 0.416. The molecule has 0 saturated heterocycles. The third kappa shape index (κ3) is 2.09. The number of ether oxygens (including phenoxy) is 1. The topological polar surface area (TPSA) is 48.1 Å². The second-order valence-electron chi connectivity index (χ2n) is 3.23. The Morgan fingerprint density at radius 3 is 3.06 bits per heavy atom. The first-order valence-electron chi connectivity index (χ1n) is 4.84. The molecule has 4 heteroatoms. The predicted molar refractivity (Wildman–Crippen MR) is 66.6 cm³/mol. The van der Waals surface area contributed by atoms with E-state index in [-0.39, 0.29) is 0 Å². The van der Waals surface area contributed by atoms with E-state index >= 15 is 0 Å². The highest BCUT2D eigenvalue weighted by molar-refractivity contribution is 6.25. The monoisotopic (exact) mass is 234 g/mol. The Bertz CT molecular complexity index is 525. The minimum atomic E-state index is 0.416. The number of halogens is 1. The smallest absolute Gasteiger partial charge is 0.146 e. The summed E-state index contributed by atoms with van der Waals surface area (Å²) in [5.41, 5.74) is 8.74. The van der Waals surface area contributed by atoms with E-state index in [1.807, 2.05) is 24.3 Å². The fourth-order valence-electron chi connectivity index (χ4n) is 1.46. The van der Waals surface area contributed by atoms with Crippen LogP contribution in [0.5, 0.6) is 5.75 Å². The van der Waals surface area contributed by atoms with Gasteiger partial charge in [-0.1, -0.05) is 11.6 Å². The average molecular weight is 235 g/mol. The van der Waals surface area contributed by atoms with Crippen LogP contribution in [0.2, 0.25) is 0 Å². The van der Waals surface area contributed by atoms with E-state index in [1.165, 1.54) is 5.54 Å². The number of nitrogens with zero attached hydrogens (tertiary/aromatic N) is 1. The number of rotatable bonds is 3. The average Bonchev–Trinajstić information content (AvgIpc) is 2.33. The van der Waals surface area contributed by atoms with Crippen molar-refractivity contribution in [1.29, 1.82) is 0 Å². The SMILES string of the molecule is Nc1ccc(OC/C=C/Cl)c2ncccc12. The number of hydrogen-bond acceptors (Lipinski definition) is 3. The maximum absolute atomic E-state index is 5.85. The van der Waals surface area contributed by atoms with Crippen molar-refractivity contribution >= 4 is 28.2 Å². The van der Waals surface area contributed by atoms with Gasteiger partial charge in [-0.05, 0) is 30.3 Å². The van der Waals surface area contributed by atoms with Crippen molar-refractivity contribution in [2.24, 2.45) is 0 Å². The van der Waals surface area contributed by atoms with Gasteiger partial charge in [0.05, 0.1) is 0 Å². The van der Waals surface area contributed by atoms with Crippen molar-refractivity contribution < 1.29 is 4.74 Å². The van der Waals surface area contributed by atoms with Crippen LogP contribution in [0, 0.1) is 0 Å². The van der Waals surface area contributed by atoms with Crippen LogP contribution in [0.4, 0.5) is 5.69 Å². The van der Waals surface area contributed by atoms with Gasteiger partial charge in [-0.3, -0.25) is 4.98 Å². The van der Waals surface area contributed by atoms with Crippen molar-refractivity contribution in [2.75, 3.05) is 12.3 Å². The maximum Gasteiger partial charge on any atom is 0.146 e. The van der Waals surface area contributed by atoms with E-state index in [2.05, 4.69) is 4.98 Å². The maximum atomic E-state index is 5.85. The predicted octanol–water partition coefficient (Wildman–Crippen LogP) is 2.95. The van der Waals surface area contributed by atoms with Crippen molar-refractivity contribution in [1.82, 2.24) is 4.98 Å². The van der Waals surface area contributed by atoms with Crippen LogP contribution in [0.25, 0.3) is 10.9 Å². The molecule has 1 heterocycles. The molecule has 0 aliphatic carbocycles. The lowest BCUT2D eigenvalue weighted by Crippen LogP contribution is -1.96. The molecule has 16 heavy (non-hydrogen) atoms. The molecule has 82 valence electrons. The Balaban J connectivity index is 2.42. The van der Waals surface area contributed by atoms with Gasteiger partial charge in [0.2, 0.25) is 0 Å². The molecule has 2 N–H and O–H groups in total. The van der Waals surface area contributed by atoms with Gasteiger partial charge in [-0.15, -0.1) is 0 Å². The Kier molecular flexibility index (Phi) is 3.27. The Labute approximate surface area is 98.5 Å². The summed E-state index contributed by atoms with van der Waals surface area (Å²) in [6.07, 6.45) is 3.43. The second kappa shape index (κ2) is 4.86. The summed E-state index contributed by atoms with van der Waals surface area (Å²) < 4.78 is 5.53. The summed E-state index contributed by atoms with van der Waals surface area (Å²) in [7, 11) is 0. The fraction of sp³-hybridized carbons (Fsp3) is 0.0833. The molecule has 1 aromatic heterocycles. The minimum Gasteiger partial charge on any atom is -0.487 e. The Morgan fingerprint density at radius 1 is 1.38 bits per heavy atom. The molecule has 1 aromatic carbocycles. The Morgan fingerprint density at radius 2 is 2.25 bits per heavy atom. The molecule has 0 spiro atoms. The van der Waals surface area contributed by atoms with Crippen LogP contribution in [0.15, 0.2) is 42.1 Å². The molecule has 0 atom stereocenters. The summed E-state index contributed by atoms with van der Waals surface area (Å²) in [5, 5.41) is 0.898. The lowest BCUT2D eigenvalue weighted by molar-refractivity contribution is 0.367. The van der Waals surface area contributed by atoms with E-state index in [1.54, 1.807) is 12.3 Å². The van der Waals surface area contributed by atoms with Gasteiger partial charge in [0, 0.05) is 22.8 Å². The molecule has 0 aliphatic heterocycles. The molecule has 0 unspecified atom stereocenters. The van der Waals surface area contributed by atoms with Crippen LogP contribution >= 0.6 is 11.6 Å². The molecular formula is C12H11ClN2O. The molecule has 0 bridgehead atoms. The van der Waals surface area contributed by atoms with E-state index in [0.717, 1.165) is 10.9 Å². The number of fused-ring (bicyclic) bond motifs is 1. The number of pyridine rings is 1. The first-order valence-corrected chi connectivity index (χ1v) is 5.28. The molecule has 3 nitrogen and oxygen atoms in total. The Hall–Kier alpha value is -1.74. The van der Waals surface area contributed by atoms with Crippen LogP contribution in [-0.2, 0) is 0 Å². The zero-order valence-electron chi connectivity index (χ0n) is 8.56. The number of nitrogen functional groups attached to an aromatic ring is 1. The molecule has 0 radical (unpaired) electrons. The first-order chi connectivity index (χ1) is 7.83.